The number of ether oxygens (including phenoxy) is 2. The highest BCUT2D eigenvalue weighted by Crippen LogP contribution is 2.34. The van der Waals surface area contributed by atoms with Gasteiger partial charge in [0.25, 0.3) is 0 Å². The van der Waals surface area contributed by atoms with Crippen molar-refractivity contribution in [2.45, 2.75) is 0 Å². The molecule has 1 heterocycles. The fourth-order valence-corrected chi connectivity index (χ4v) is 2.72. The molecule has 0 N–H and O–H groups in total. The zero-order valence-corrected chi connectivity index (χ0v) is 13.6. The smallest absolute Gasteiger partial charge is 0.229 e. The van der Waals surface area contributed by atoms with Crippen LogP contribution < -0.4 is 9.47 Å². The zero-order chi connectivity index (χ0) is 15.7. The summed E-state index contributed by atoms with van der Waals surface area (Å²) in [5.74, 6) is 1.28. The first-order valence-corrected chi connectivity index (χ1v) is 7.38. The van der Waals surface area contributed by atoms with Crippen LogP contribution >= 0.6 is 15.9 Å². The molecule has 4 nitrogen and oxygen atoms in total. The Balaban J connectivity index is 2.13. The molecule has 0 amide bonds. The van der Waals surface area contributed by atoms with Gasteiger partial charge in [-0.3, -0.25) is 4.79 Å². The Morgan fingerprint density at radius 1 is 1.09 bits per heavy atom. The molecule has 3 rings (SSSR count). The monoisotopic (exact) mass is 360 g/mol. The van der Waals surface area contributed by atoms with Crippen molar-refractivity contribution in [1.29, 1.82) is 0 Å². The predicted octanol–water partition coefficient (Wildman–Crippen LogP) is 4.44. The maximum Gasteiger partial charge on any atom is 0.229 e. The van der Waals surface area contributed by atoms with Crippen molar-refractivity contribution in [3.63, 3.8) is 0 Å². The second kappa shape index (κ2) is 5.85. The predicted molar refractivity (Wildman–Crippen MR) is 86.9 cm³/mol. The van der Waals surface area contributed by atoms with E-state index in [1.165, 1.54) is 0 Å². The first kappa shape index (κ1) is 14.7. The third-order valence-electron chi connectivity index (χ3n) is 3.37. The van der Waals surface area contributed by atoms with Crippen molar-refractivity contribution in [3.05, 3.63) is 58.3 Å². The van der Waals surface area contributed by atoms with E-state index >= 15 is 0 Å². The third kappa shape index (κ3) is 2.48. The summed E-state index contributed by atoms with van der Waals surface area (Å²) in [5.41, 5.74) is 1.10. The van der Waals surface area contributed by atoms with Gasteiger partial charge in [-0.15, -0.1) is 0 Å². The molecule has 112 valence electrons. The van der Waals surface area contributed by atoms with Crippen molar-refractivity contribution < 1.29 is 18.7 Å². The number of carbonyl (C=O) groups is 1. The Labute approximate surface area is 135 Å². The molecule has 0 bridgehead atoms. The Morgan fingerprint density at radius 2 is 1.86 bits per heavy atom. The lowest BCUT2D eigenvalue weighted by atomic mass is 10.1. The van der Waals surface area contributed by atoms with Crippen molar-refractivity contribution >= 4 is 32.7 Å². The zero-order valence-electron chi connectivity index (χ0n) is 12.1. The average molecular weight is 361 g/mol. The molecule has 0 unspecified atom stereocenters. The van der Waals surface area contributed by atoms with Crippen LogP contribution in [-0.4, -0.2) is 20.0 Å². The van der Waals surface area contributed by atoms with E-state index in [0.717, 1.165) is 9.86 Å². The number of benzene rings is 2. The average Bonchev–Trinajstić information content (AvgIpc) is 2.97. The van der Waals surface area contributed by atoms with E-state index in [1.807, 2.05) is 18.2 Å². The van der Waals surface area contributed by atoms with Crippen LogP contribution in [0.25, 0.3) is 11.0 Å². The number of ketones is 1. The largest absolute Gasteiger partial charge is 0.496 e. The van der Waals surface area contributed by atoms with Gasteiger partial charge in [-0.1, -0.05) is 28.1 Å². The Kier molecular flexibility index (Phi) is 3.90. The quantitative estimate of drug-likeness (QED) is 0.645. The second-order valence-electron chi connectivity index (χ2n) is 4.66. The van der Waals surface area contributed by atoms with E-state index in [2.05, 4.69) is 15.9 Å². The molecule has 2 aromatic carbocycles. The van der Waals surface area contributed by atoms with E-state index in [4.69, 9.17) is 13.9 Å². The number of furan rings is 1. The number of hydrogen-bond acceptors (Lipinski definition) is 4. The van der Waals surface area contributed by atoms with Crippen LogP contribution in [0.2, 0.25) is 0 Å². The summed E-state index contributed by atoms with van der Waals surface area (Å²) in [5, 5.41) is 0.735. The van der Waals surface area contributed by atoms with Gasteiger partial charge in [0.05, 0.1) is 19.6 Å². The third-order valence-corrected chi connectivity index (χ3v) is 4.06. The molecule has 0 atom stereocenters. The minimum absolute atomic E-state index is 0.190. The highest BCUT2D eigenvalue weighted by molar-refractivity contribution is 9.10. The van der Waals surface area contributed by atoms with E-state index in [-0.39, 0.29) is 11.5 Å². The minimum Gasteiger partial charge on any atom is -0.496 e. The number of rotatable bonds is 4. The summed E-state index contributed by atoms with van der Waals surface area (Å²) in [6, 6.07) is 12.4. The number of methoxy groups -OCH3 is 2. The first-order chi connectivity index (χ1) is 10.6. The number of carbonyl (C=O) groups excluding carboxylic acids is 1. The number of halogens is 1. The van der Waals surface area contributed by atoms with Gasteiger partial charge in [0.2, 0.25) is 5.78 Å². The van der Waals surface area contributed by atoms with Gasteiger partial charge < -0.3 is 13.9 Å². The summed E-state index contributed by atoms with van der Waals surface area (Å²) in [6.07, 6.45) is 0. The molecule has 22 heavy (non-hydrogen) atoms. The van der Waals surface area contributed by atoms with Gasteiger partial charge in [0, 0.05) is 22.2 Å². The van der Waals surface area contributed by atoms with Crippen molar-refractivity contribution in [2.75, 3.05) is 14.2 Å². The topological polar surface area (TPSA) is 48.7 Å². The SMILES string of the molecule is COc1cc(OC)c2cc(C(=O)c3ccccc3Br)oc2c1. The molecular formula is C17H13BrO4. The van der Waals surface area contributed by atoms with Gasteiger partial charge in [-0.05, 0) is 18.2 Å². The number of hydrogen-bond donors (Lipinski definition) is 0. The summed E-state index contributed by atoms with van der Waals surface area (Å²) in [7, 11) is 3.13. The lowest BCUT2D eigenvalue weighted by molar-refractivity contribution is 0.101. The summed E-state index contributed by atoms with van der Waals surface area (Å²) in [6.45, 7) is 0. The minimum atomic E-state index is -0.190. The van der Waals surface area contributed by atoms with E-state index < -0.39 is 0 Å². The van der Waals surface area contributed by atoms with Crippen molar-refractivity contribution in [3.8, 4) is 11.5 Å². The van der Waals surface area contributed by atoms with Crippen LogP contribution in [0.5, 0.6) is 11.5 Å². The number of fused-ring (bicyclic) bond motifs is 1. The maximum absolute atomic E-state index is 12.6. The second-order valence-corrected chi connectivity index (χ2v) is 5.52. The van der Waals surface area contributed by atoms with E-state index in [0.29, 0.717) is 22.6 Å². The van der Waals surface area contributed by atoms with Gasteiger partial charge in [0.1, 0.15) is 17.1 Å². The van der Waals surface area contributed by atoms with Gasteiger partial charge in [-0.2, -0.15) is 0 Å². The van der Waals surface area contributed by atoms with Crippen LogP contribution in [0.15, 0.2) is 51.4 Å². The standard InChI is InChI=1S/C17H13BrO4/c1-20-10-7-14(21-2)12-9-16(22-15(12)8-10)17(19)11-5-3-4-6-13(11)18/h3-9H,1-2H3. The maximum atomic E-state index is 12.6. The van der Waals surface area contributed by atoms with Crippen molar-refractivity contribution in [1.82, 2.24) is 0 Å². The molecule has 0 aliphatic rings. The first-order valence-electron chi connectivity index (χ1n) is 6.59. The highest BCUT2D eigenvalue weighted by Gasteiger charge is 2.19. The molecule has 0 saturated heterocycles. The molecule has 0 spiro atoms. The van der Waals surface area contributed by atoms with Crippen LogP contribution in [0.3, 0.4) is 0 Å². The Morgan fingerprint density at radius 3 is 2.55 bits per heavy atom. The molecule has 5 heteroatoms. The molecule has 0 fully saturated rings. The molecule has 0 saturated carbocycles. The normalized spacial score (nSPS) is 10.7. The fraction of sp³-hybridized carbons (Fsp3) is 0.118. The van der Waals surface area contributed by atoms with E-state index in [1.54, 1.807) is 38.5 Å². The Bertz CT molecular complexity index is 851. The van der Waals surface area contributed by atoms with Gasteiger partial charge in [-0.25, -0.2) is 0 Å². The highest BCUT2D eigenvalue weighted by atomic mass is 79.9. The van der Waals surface area contributed by atoms with Crippen LogP contribution in [0.1, 0.15) is 16.1 Å². The summed E-state index contributed by atoms with van der Waals surface area (Å²) >= 11 is 3.38. The molecular weight excluding hydrogens is 348 g/mol. The fourth-order valence-electron chi connectivity index (χ4n) is 2.26. The lowest BCUT2D eigenvalue weighted by Crippen LogP contribution is -2.00. The van der Waals surface area contributed by atoms with Gasteiger partial charge >= 0.3 is 0 Å². The van der Waals surface area contributed by atoms with Crippen LogP contribution in [-0.2, 0) is 0 Å². The lowest BCUT2D eigenvalue weighted by Gasteiger charge is -2.04. The molecule has 0 radical (unpaired) electrons. The summed E-state index contributed by atoms with van der Waals surface area (Å²) < 4.78 is 17.0. The summed E-state index contributed by atoms with van der Waals surface area (Å²) in [4.78, 5) is 12.6. The van der Waals surface area contributed by atoms with Crippen LogP contribution in [0, 0.1) is 0 Å². The molecule has 3 aromatic rings. The van der Waals surface area contributed by atoms with Crippen LogP contribution in [0.4, 0.5) is 0 Å². The molecule has 0 aliphatic heterocycles. The Hall–Kier alpha value is -2.27. The van der Waals surface area contributed by atoms with E-state index in [9.17, 15) is 4.79 Å². The molecule has 0 aliphatic carbocycles. The van der Waals surface area contributed by atoms with Gasteiger partial charge in [0.15, 0.2) is 5.76 Å². The molecule has 1 aromatic heterocycles. The van der Waals surface area contributed by atoms with Crippen molar-refractivity contribution in [2.24, 2.45) is 0 Å².